The smallest absolute Gasteiger partial charge is 0.422 e. The highest BCUT2D eigenvalue weighted by Crippen LogP contribution is 2.30. The molecule has 222 valence electrons. The third-order valence-corrected chi connectivity index (χ3v) is 4.39. The van der Waals surface area contributed by atoms with Crippen molar-refractivity contribution in [3.63, 3.8) is 0 Å². The highest BCUT2D eigenvalue weighted by molar-refractivity contribution is 5.73. The molecule has 2 aromatic rings. The topological polar surface area (TPSA) is 140 Å². The van der Waals surface area contributed by atoms with Crippen molar-refractivity contribution < 1.29 is 59.8 Å². The monoisotopic (exact) mass is 584 g/mol. The van der Waals surface area contributed by atoms with E-state index in [4.69, 9.17) is 10.5 Å². The molecule has 10 nitrogen and oxygen atoms in total. The Morgan fingerprint density at radius 3 is 1.65 bits per heavy atom. The van der Waals surface area contributed by atoms with Crippen LogP contribution < -0.4 is 15.2 Å². The number of hydrogen-bond donors (Lipinski definition) is 1. The Bertz CT molecular complexity index is 1160. The molecule has 0 spiro atoms. The van der Waals surface area contributed by atoms with E-state index < -0.39 is 53.9 Å². The lowest BCUT2D eigenvalue weighted by Gasteiger charge is -2.12. The van der Waals surface area contributed by atoms with E-state index in [1.807, 2.05) is 0 Å². The van der Waals surface area contributed by atoms with E-state index >= 15 is 0 Å². The van der Waals surface area contributed by atoms with Crippen molar-refractivity contribution in [3.8, 4) is 11.5 Å². The molecule has 0 heterocycles. The lowest BCUT2D eigenvalue weighted by molar-refractivity contribution is -0.386. The number of rotatable bonds is 11. The van der Waals surface area contributed by atoms with Crippen molar-refractivity contribution in [2.45, 2.75) is 39.0 Å². The molecule has 2 aromatic carbocycles. The molecule has 2 rings (SSSR count). The number of carbonyl (C=O) groups excluding carboxylic acids is 2. The molecular formula is C24H26F6N2O8. The molecule has 0 aliphatic rings. The molecule has 40 heavy (non-hydrogen) atoms. The molecule has 0 aliphatic heterocycles. The van der Waals surface area contributed by atoms with Crippen LogP contribution in [-0.4, -0.2) is 55.6 Å². The zero-order valence-electron chi connectivity index (χ0n) is 21.3. The van der Waals surface area contributed by atoms with Gasteiger partial charge in [-0.1, -0.05) is 12.1 Å². The first-order valence-corrected chi connectivity index (χ1v) is 11.4. The number of benzene rings is 2. The Morgan fingerprint density at radius 2 is 1.23 bits per heavy atom. The summed E-state index contributed by atoms with van der Waals surface area (Å²) in [4.78, 5) is 32.4. The molecular weight excluding hydrogens is 558 g/mol. The molecule has 0 radical (unpaired) electrons. The van der Waals surface area contributed by atoms with Crippen molar-refractivity contribution in [2.24, 2.45) is 0 Å². The van der Waals surface area contributed by atoms with Gasteiger partial charge in [0.1, 0.15) is 5.75 Å². The summed E-state index contributed by atoms with van der Waals surface area (Å²) in [6.45, 7) is 0.579. The predicted molar refractivity (Wildman–Crippen MR) is 128 cm³/mol. The Hall–Kier alpha value is -4.24. The number of carbonyl (C=O) groups is 2. The van der Waals surface area contributed by atoms with Crippen LogP contribution in [0.4, 0.5) is 37.7 Å². The maximum atomic E-state index is 12.1. The molecule has 0 aromatic heterocycles. The van der Waals surface area contributed by atoms with Gasteiger partial charge in [0, 0.05) is 6.07 Å². The predicted octanol–water partition coefficient (Wildman–Crippen LogP) is 4.96. The molecule has 0 aliphatic carbocycles. The van der Waals surface area contributed by atoms with E-state index in [0.717, 1.165) is 12.1 Å². The lowest BCUT2D eigenvalue weighted by atomic mass is 10.1. The molecule has 0 bridgehead atoms. The third kappa shape index (κ3) is 13.5. The first-order chi connectivity index (χ1) is 18.5. The summed E-state index contributed by atoms with van der Waals surface area (Å²) in [6.07, 6.45) is -9.32. The number of esters is 2. The van der Waals surface area contributed by atoms with E-state index in [1.165, 1.54) is 24.3 Å². The number of halogens is 6. The van der Waals surface area contributed by atoms with Crippen LogP contribution in [0.3, 0.4) is 0 Å². The molecule has 0 amide bonds. The van der Waals surface area contributed by atoms with Gasteiger partial charge in [0.05, 0.1) is 36.7 Å². The Morgan fingerprint density at radius 1 is 0.800 bits per heavy atom. The van der Waals surface area contributed by atoms with Crippen LogP contribution in [0.15, 0.2) is 36.4 Å². The number of nitrogens with zero attached hydrogens (tertiary/aromatic N) is 1. The standard InChI is InChI=1S/C12H12F3NO5.C12H14F3NO3/c1-2-20-11(17)6-8-3-4-9(16(18)19)10(5-8)21-7-12(13,14)15;1-2-18-11(17)6-8-3-4-9(16)10(5-8)19-7-12(13,14)15/h3-5H,2,6-7H2,1H3;3-5H,2,6-7,16H2,1H3. The highest BCUT2D eigenvalue weighted by Gasteiger charge is 2.30. The van der Waals surface area contributed by atoms with Gasteiger partial charge >= 0.3 is 30.0 Å². The van der Waals surface area contributed by atoms with Crippen molar-refractivity contribution in [1.29, 1.82) is 0 Å². The third-order valence-electron chi connectivity index (χ3n) is 4.39. The quantitative estimate of drug-likeness (QED) is 0.128. The normalized spacial score (nSPS) is 11.1. The zero-order chi connectivity index (χ0) is 30.5. The first-order valence-electron chi connectivity index (χ1n) is 11.4. The summed E-state index contributed by atoms with van der Waals surface area (Å²) >= 11 is 0. The fourth-order valence-corrected chi connectivity index (χ4v) is 2.83. The lowest BCUT2D eigenvalue weighted by Crippen LogP contribution is -2.19. The Balaban J connectivity index is 0.000000402. The van der Waals surface area contributed by atoms with Crippen molar-refractivity contribution in [3.05, 3.63) is 57.6 Å². The molecule has 0 saturated heterocycles. The average molecular weight is 584 g/mol. The van der Waals surface area contributed by atoms with Crippen LogP contribution in [0.2, 0.25) is 0 Å². The summed E-state index contributed by atoms with van der Waals surface area (Å²) in [5.74, 6) is -1.69. The zero-order valence-corrected chi connectivity index (χ0v) is 21.3. The number of anilines is 1. The highest BCUT2D eigenvalue weighted by atomic mass is 19.4. The van der Waals surface area contributed by atoms with Crippen molar-refractivity contribution in [1.82, 2.24) is 0 Å². The van der Waals surface area contributed by atoms with Crippen LogP contribution in [0, 0.1) is 10.1 Å². The number of nitro benzene ring substituents is 1. The SMILES string of the molecule is CCOC(=O)Cc1ccc(N)c(OCC(F)(F)F)c1.CCOC(=O)Cc1ccc([N+](=O)[O-])c(OCC(F)(F)F)c1. The minimum Gasteiger partial charge on any atom is -0.482 e. The van der Waals surface area contributed by atoms with Crippen LogP contribution in [0.1, 0.15) is 25.0 Å². The molecule has 0 unspecified atom stereocenters. The van der Waals surface area contributed by atoms with Gasteiger partial charge in [-0.05, 0) is 43.2 Å². The van der Waals surface area contributed by atoms with E-state index in [2.05, 4.69) is 14.2 Å². The van der Waals surface area contributed by atoms with Gasteiger partial charge in [-0.3, -0.25) is 19.7 Å². The maximum Gasteiger partial charge on any atom is 0.422 e. The van der Waals surface area contributed by atoms with E-state index in [0.29, 0.717) is 5.56 Å². The molecule has 0 atom stereocenters. The van der Waals surface area contributed by atoms with Crippen LogP contribution in [0.5, 0.6) is 11.5 Å². The molecule has 0 saturated carbocycles. The van der Waals surface area contributed by atoms with Gasteiger partial charge in [0.25, 0.3) is 0 Å². The second-order valence-electron chi connectivity index (χ2n) is 7.70. The number of nitrogens with two attached hydrogens (primary N) is 1. The van der Waals surface area contributed by atoms with Gasteiger partial charge < -0.3 is 24.7 Å². The second kappa shape index (κ2) is 15.4. The number of nitro groups is 1. The number of alkyl halides is 6. The van der Waals surface area contributed by atoms with Gasteiger partial charge in [-0.25, -0.2) is 0 Å². The van der Waals surface area contributed by atoms with Crippen LogP contribution in [0.25, 0.3) is 0 Å². The van der Waals surface area contributed by atoms with Gasteiger partial charge in [0.15, 0.2) is 19.0 Å². The fourth-order valence-electron chi connectivity index (χ4n) is 2.83. The largest absolute Gasteiger partial charge is 0.482 e. The van der Waals surface area contributed by atoms with Gasteiger partial charge in [0.2, 0.25) is 0 Å². The van der Waals surface area contributed by atoms with Crippen LogP contribution in [-0.2, 0) is 31.9 Å². The summed E-state index contributed by atoms with van der Waals surface area (Å²) < 4.78 is 90.9. The number of nitrogen functional groups attached to an aromatic ring is 1. The Labute approximate surface area is 224 Å². The van der Waals surface area contributed by atoms with Crippen molar-refractivity contribution in [2.75, 3.05) is 32.2 Å². The van der Waals surface area contributed by atoms with E-state index in [1.54, 1.807) is 13.8 Å². The van der Waals surface area contributed by atoms with Crippen molar-refractivity contribution >= 4 is 23.3 Å². The number of ether oxygens (including phenoxy) is 4. The number of hydrogen-bond acceptors (Lipinski definition) is 9. The summed E-state index contributed by atoms with van der Waals surface area (Å²) in [6, 6.07) is 7.50. The fraction of sp³-hybridized carbons (Fsp3) is 0.417. The maximum absolute atomic E-state index is 12.1. The molecule has 16 heteroatoms. The molecule has 0 fully saturated rings. The summed E-state index contributed by atoms with van der Waals surface area (Å²) in [5, 5.41) is 10.7. The summed E-state index contributed by atoms with van der Waals surface area (Å²) in [5.41, 5.74) is 5.71. The van der Waals surface area contributed by atoms with Gasteiger partial charge in [-0.2, -0.15) is 26.3 Å². The van der Waals surface area contributed by atoms with E-state index in [9.17, 15) is 46.0 Å². The Kier molecular flexibility index (Phi) is 13.0. The van der Waals surface area contributed by atoms with Gasteiger partial charge in [-0.15, -0.1) is 0 Å². The first kappa shape index (κ1) is 33.8. The van der Waals surface area contributed by atoms with Crippen LogP contribution >= 0.6 is 0 Å². The average Bonchev–Trinajstić information content (AvgIpc) is 2.83. The second-order valence-corrected chi connectivity index (χ2v) is 7.70. The molecule has 2 N–H and O–H groups in total. The minimum atomic E-state index is -4.62. The summed E-state index contributed by atoms with van der Waals surface area (Å²) in [7, 11) is 0. The van der Waals surface area contributed by atoms with E-state index in [-0.39, 0.29) is 43.1 Å². The minimum absolute atomic E-state index is 0.0451.